The van der Waals surface area contributed by atoms with Gasteiger partial charge in [-0.15, -0.1) is 0 Å². The Labute approximate surface area is 199 Å². The van der Waals surface area contributed by atoms with E-state index in [0.29, 0.717) is 24.2 Å². The molecule has 1 saturated heterocycles. The summed E-state index contributed by atoms with van der Waals surface area (Å²) in [4.78, 5) is 41.7. The molecule has 3 aromatic rings. The fourth-order valence-electron chi connectivity index (χ4n) is 4.65. The summed E-state index contributed by atoms with van der Waals surface area (Å²) in [7, 11) is 0. The number of benzene rings is 3. The van der Waals surface area contributed by atoms with Crippen LogP contribution in [-0.2, 0) is 24.2 Å². The van der Waals surface area contributed by atoms with Crippen molar-refractivity contribution in [1.29, 1.82) is 0 Å². The van der Waals surface area contributed by atoms with Crippen LogP contribution in [0.1, 0.15) is 46.8 Å². The molecule has 3 aromatic carbocycles. The van der Waals surface area contributed by atoms with E-state index in [4.69, 9.17) is 0 Å². The summed E-state index contributed by atoms with van der Waals surface area (Å²) in [5.74, 6) is -0.459. The fraction of sp³-hybridized carbons (Fsp3) is 0.250. The van der Waals surface area contributed by atoms with Gasteiger partial charge < -0.3 is 10.2 Å². The first kappa shape index (κ1) is 21.9. The molecule has 1 atom stereocenters. The highest BCUT2D eigenvalue weighted by Gasteiger charge is 2.47. The number of carbonyl (C=O) groups is 3. The van der Waals surface area contributed by atoms with Crippen molar-refractivity contribution in [3.05, 3.63) is 95.1 Å². The van der Waals surface area contributed by atoms with Crippen molar-refractivity contribution in [1.82, 2.24) is 4.90 Å². The normalized spacial score (nSPS) is 16.9. The average molecular weight is 454 g/mol. The van der Waals surface area contributed by atoms with Crippen molar-refractivity contribution >= 4 is 29.2 Å². The monoisotopic (exact) mass is 453 g/mol. The van der Waals surface area contributed by atoms with Gasteiger partial charge in [-0.25, -0.2) is 9.69 Å². The van der Waals surface area contributed by atoms with E-state index in [1.807, 2.05) is 48.5 Å². The number of imide groups is 1. The molecule has 4 amide bonds. The van der Waals surface area contributed by atoms with Gasteiger partial charge >= 0.3 is 6.03 Å². The molecule has 2 aliphatic heterocycles. The van der Waals surface area contributed by atoms with E-state index in [9.17, 15) is 14.4 Å². The van der Waals surface area contributed by atoms with Crippen LogP contribution in [0.25, 0.3) is 0 Å². The van der Waals surface area contributed by atoms with E-state index in [1.54, 1.807) is 29.2 Å². The number of hydrogen-bond acceptors (Lipinski definition) is 3. The molecular formula is C28H27N3O3. The topological polar surface area (TPSA) is 69.7 Å². The van der Waals surface area contributed by atoms with Crippen LogP contribution >= 0.6 is 0 Å². The Kier molecular flexibility index (Phi) is 5.88. The molecule has 0 aromatic heterocycles. The third-order valence-corrected chi connectivity index (χ3v) is 6.61. The maximum atomic E-state index is 13.1. The van der Waals surface area contributed by atoms with Gasteiger partial charge in [-0.2, -0.15) is 0 Å². The van der Waals surface area contributed by atoms with Gasteiger partial charge in [-0.3, -0.25) is 9.59 Å². The van der Waals surface area contributed by atoms with Gasteiger partial charge in [0.05, 0.1) is 5.69 Å². The van der Waals surface area contributed by atoms with Gasteiger partial charge in [0.2, 0.25) is 0 Å². The van der Waals surface area contributed by atoms with Crippen molar-refractivity contribution in [2.75, 3.05) is 10.2 Å². The van der Waals surface area contributed by atoms with Crippen LogP contribution in [0.5, 0.6) is 0 Å². The highest BCUT2D eigenvalue weighted by atomic mass is 16.2. The third kappa shape index (κ3) is 4.07. The molecule has 34 heavy (non-hydrogen) atoms. The van der Waals surface area contributed by atoms with Crippen molar-refractivity contribution in [2.45, 2.75) is 45.2 Å². The second-order valence-electron chi connectivity index (χ2n) is 8.87. The number of nitrogens with one attached hydrogen (secondary N) is 1. The number of hydrogen-bond donors (Lipinski definition) is 1. The first-order valence-electron chi connectivity index (χ1n) is 11.8. The van der Waals surface area contributed by atoms with Crippen LogP contribution < -0.4 is 10.2 Å². The van der Waals surface area contributed by atoms with Crippen molar-refractivity contribution in [3.8, 4) is 0 Å². The second kappa shape index (κ2) is 9.14. The molecule has 1 N–H and O–H groups in total. The standard InChI is InChI=1S/C28H27N3O3/c1-2-3-6-19-9-13-23(14-10-19)29-26(32)20-11-15-24(16-12-20)31-27(33)25-17-21-7-4-5-8-22(21)18-30(25)28(31)34/h4-5,7-16,25H,2-3,6,17-18H2,1H3,(H,29,32)/t25-/m0/s1. The quantitative estimate of drug-likeness (QED) is 0.523. The number of amides is 4. The van der Waals surface area contributed by atoms with E-state index in [-0.39, 0.29) is 17.8 Å². The lowest BCUT2D eigenvalue weighted by Gasteiger charge is -2.28. The van der Waals surface area contributed by atoms with Crippen LogP contribution in [0.2, 0.25) is 0 Å². The van der Waals surface area contributed by atoms with Gasteiger partial charge in [0.25, 0.3) is 11.8 Å². The molecule has 0 bridgehead atoms. The molecule has 0 aliphatic carbocycles. The van der Waals surface area contributed by atoms with Gasteiger partial charge in [0.1, 0.15) is 6.04 Å². The zero-order valence-corrected chi connectivity index (χ0v) is 19.2. The zero-order valence-electron chi connectivity index (χ0n) is 19.2. The minimum Gasteiger partial charge on any atom is -0.322 e. The Morgan fingerprint density at radius 2 is 1.65 bits per heavy atom. The lowest BCUT2D eigenvalue weighted by Crippen LogP contribution is -2.39. The average Bonchev–Trinajstić information content (AvgIpc) is 3.11. The number of urea groups is 1. The molecule has 6 heteroatoms. The van der Waals surface area contributed by atoms with Crippen LogP contribution in [-0.4, -0.2) is 28.8 Å². The van der Waals surface area contributed by atoms with Gasteiger partial charge in [0.15, 0.2) is 0 Å². The summed E-state index contributed by atoms with van der Waals surface area (Å²) in [6.45, 7) is 2.60. The third-order valence-electron chi connectivity index (χ3n) is 6.61. The van der Waals surface area contributed by atoms with Gasteiger partial charge in [0, 0.05) is 24.2 Å². The molecule has 2 aliphatic rings. The number of carbonyl (C=O) groups excluding carboxylic acids is 3. The van der Waals surface area contributed by atoms with Crippen LogP contribution in [0.3, 0.4) is 0 Å². The molecule has 6 nitrogen and oxygen atoms in total. The molecule has 0 radical (unpaired) electrons. The maximum absolute atomic E-state index is 13.1. The lowest BCUT2D eigenvalue weighted by molar-refractivity contribution is -0.120. The van der Waals surface area contributed by atoms with E-state index < -0.39 is 6.04 Å². The first-order chi connectivity index (χ1) is 16.5. The Morgan fingerprint density at radius 3 is 2.35 bits per heavy atom. The smallest absolute Gasteiger partial charge is 0.322 e. The Balaban J connectivity index is 1.27. The summed E-state index contributed by atoms with van der Waals surface area (Å²) in [5, 5.41) is 2.90. The number of nitrogens with zero attached hydrogens (tertiary/aromatic N) is 2. The van der Waals surface area contributed by atoms with Crippen molar-refractivity contribution in [2.24, 2.45) is 0 Å². The summed E-state index contributed by atoms with van der Waals surface area (Å²) >= 11 is 0. The molecule has 1 fully saturated rings. The molecule has 0 unspecified atom stereocenters. The summed E-state index contributed by atoms with van der Waals surface area (Å²) < 4.78 is 0. The fourth-order valence-corrected chi connectivity index (χ4v) is 4.65. The second-order valence-corrected chi connectivity index (χ2v) is 8.87. The Bertz CT molecular complexity index is 1190. The largest absolute Gasteiger partial charge is 0.332 e. The Hall–Kier alpha value is -3.93. The first-order valence-corrected chi connectivity index (χ1v) is 11.8. The number of aryl methyl sites for hydroxylation is 1. The van der Waals surface area contributed by atoms with Crippen LogP contribution in [0.4, 0.5) is 16.2 Å². The van der Waals surface area contributed by atoms with Crippen LogP contribution in [0, 0.1) is 0 Å². The minimum absolute atomic E-state index is 0.222. The van der Waals surface area contributed by atoms with Crippen LogP contribution in [0.15, 0.2) is 72.8 Å². The lowest BCUT2D eigenvalue weighted by atomic mass is 9.95. The molecule has 172 valence electrons. The summed E-state index contributed by atoms with van der Waals surface area (Å²) in [5.41, 5.74) is 5.11. The van der Waals surface area contributed by atoms with E-state index in [2.05, 4.69) is 12.2 Å². The predicted octanol–water partition coefficient (Wildman–Crippen LogP) is 5.18. The number of unbranched alkanes of at least 4 members (excludes halogenated alkanes) is 1. The summed E-state index contributed by atoms with van der Waals surface area (Å²) in [6.07, 6.45) is 3.85. The molecule has 2 heterocycles. The van der Waals surface area contributed by atoms with E-state index in [0.717, 1.165) is 36.1 Å². The minimum atomic E-state index is -0.481. The molecule has 0 spiro atoms. The van der Waals surface area contributed by atoms with Crippen molar-refractivity contribution in [3.63, 3.8) is 0 Å². The number of anilines is 2. The Morgan fingerprint density at radius 1 is 0.941 bits per heavy atom. The van der Waals surface area contributed by atoms with Gasteiger partial charge in [-0.05, 0) is 65.9 Å². The summed E-state index contributed by atoms with van der Waals surface area (Å²) in [6, 6.07) is 21.6. The number of rotatable bonds is 6. The number of fused-ring (bicyclic) bond motifs is 2. The maximum Gasteiger partial charge on any atom is 0.332 e. The molecule has 0 saturated carbocycles. The highest BCUT2D eigenvalue weighted by molar-refractivity contribution is 6.21. The van der Waals surface area contributed by atoms with Gasteiger partial charge in [-0.1, -0.05) is 49.7 Å². The zero-order chi connectivity index (χ0) is 23.7. The van der Waals surface area contributed by atoms with Crippen molar-refractivity contribution < 1.29 is 14.4 Å². The predicted molar refractivity (Wildman–Crippen MR) is 132 cm³/mol. The molecule has 5 rings (SSSR count). The van der Waals surface area contributed by atoms with E-state index in [1.165, 1.54) is 10.5 Å². The molecular weight excluding hydrogens is 426 g/mol. The highest BCUT2D eigenvalue weighted by Crippen LogP contribution is 2.33. The van der Waals surface area contributed by atoms with E-state index >= 15 is 0 Å². The SMILES string of the molecule is CCCCc1ccc(NC(=O)c2ccc(N3C(=O)[C@@H]4Cc5ccccc5CN4C3=O)cc2)cc1.